The van der Waals surface area contributed by atoms with E-state index >= 15 is 0 Å². The van der Waals surface area contributed by atoms with E-state index in [1.54, 1.807) is 38.1 Å². The Hall–Kier alpha value is -1.39. The van der Waals surface area contributed by atoms with Crippen LogP contribution in [0.4, 0.5) is 0 Å². The summed E-state index contributed by atoms with van der Waals surface area (Å²) in [5, 5.41) is 9.45. The first-order valence-corrected chi connectivity index (χ1v) is 5.10. The molecule has 4 heteroatoms. The van der Waals surface area contributed by atoms with Crippen molar-refractivity contribution in [3.63, 3.8) is 0 Å². The van der Waals surface area contributed by atoms with Crippen LogP contribution in [-0.2, 0) is 19.9 Å². The number of carbonyl (C=O) groups excluding carboxylic acids is 1. The van der Waals surface area contributed by atoms with Gasteiger partial charge in [-0.15, -0.1) is 0 Å². The SMILES string of the molecule is CC1(C)OC(=O)[C@@](CO)(c2ccccc2)O1. The Balaban J connectivity index is 2.46. The number of carbonyl (C=O) groups is 1. The third kappa shape index (κ3) is 1.60. The van der Waals surface area contributed by atoms with Crippen molar-refractivity contribution in [1.82, 2.24) is 0 Å². The molecule has 1 atom stereocenters. The normalized spacial score (nSPS) is 27.8. The van der Waals surface area contributed by atoms with E-state index in [2.05, 4.69) is 0 Å². The molecular weight excluding hydrogens is 208 g/mol. The van der Waals surface area contributed by atoms with Gasteiger partial charge in [0.2, 0.25) is 11.4 Å². The molecule has 1 fully saturated rings. The average Bonchev–Trinajstić information content (AvgIpc) is 2.50. The number of aliphatic hydroxyl groups excluding tert-OH is 1. The Morgan fingerprint density at radius 2 is 1.88 bits per heavy atom. The lowest BCUT2D eigenvalue weighted by molar-refractivity contribution is -0.173. The van der Waals surface area contributed by atoms with Gasteiger partial charge >= 0.3 is 5.97 Å². The monoisotopic (exact) mass is 222 g/mol. The molecule has 1 saturated heterocycles. The predicted octanol–water partition coefficient (Wildman–Crippen LogP) is 1.18. The van der Waals surface area contributed by atoms with Gasteiger partial charge in [-0.1, -0.05) is 30.3 Å². The maximum absolute atomic E-state index is 11.8. The first-order chi connectivity index (χ1) is 7.50. The maximum atomic E-state index is 11.8. The van der Waals surface area contributed by atoms with E-state index in [9.17, 15) is 9.90 Å². The zero-order valence-electron chi connectivity index (χ0n) is 9.27. The summed E-state index contributed by atoms with van der Waals surface area (Å²) in [5.41, 5.74) is -0.779. The molecule has 86 valence electrons. The topological polar surface area (TPSA) is 55.8 Å². The highest BCUT2D eigenvalue weighted by molar-refractivity contribution is 5.83. The van der Waals surface area contributed by atoms with E-state index in [0.717, 1.165) is 0 Å². The van der Waals surface area contributed by atoms with Gasteiger partial charge in [0.15, 0.2) is 0 Å². The standard InChI is InChI=1S/C12H14O4/c1-11(2)15-10(14)12(8-13,16-11)9-6-4-3-5-7-9/h3-7,13H,8H2,1-2H3/t12-/m1/s1. The molecule has 1 heterocycles. The van der Waals surface area contributed by atoms with Gasteiger partial charge in [-0.3, -0.25) is 0 Å². The van der Waals surface area contributed by atoms with Crippen molar-refractivity contribution in [3.8, 4) is 0 Å². The van der Waals surface area contributed by atoms with E-state index in [0.29, 0.717) is 5.56 Å². The van der Waals surface area contributed by atoms with Crippen LogP contribution in [0.25, 0.3) is 0 Å². The molecular formula is C12H14O4. The second-order valence-electron chi connectivity index (χ2n) is 4.24. The predicted molar refractivity (Wildman–Crippen MR) is 56.5 cm³/mol. The molecule has 0 spiro atoms. The van der Waals surface area contributed by atoms with E-state index in [4.69, 9.17) is 9.47 Å². The minimum absolute atomic E-state index is 0.431. The van der Waals surface area contributed by atoms with Crippen molar-refractivity contribution >= 4 is 5.97 Å². The van der Waals surface area contributed by atoms with E-state index in [-0.39, 0.29) is 0 Å². The number of rotatable bonds is 2. The fourth-order valence-electron chi connectivity index (χ4n) is 1.86. The van der Waals surface area contributed by atoms with Crippen molar-refractivity contribution in [3.05, 3.63) is 35.9 Å². The van der Waals surface area contributed by atoms with E-state index < -0.39 is 24.0 Å². The Bertz CT molecular complexity index is 399. The van der Waals surface area contributed by atoms with Crippen LogP contribution in [-0.4, -0.2) is 23.5 Å². The number of ether oxygens (including phenoxy) is 2. The molecule has 1 N–H and O–H groups in total. The summed E-state index contributed by atoms with van der Waals surface area (Å²) in [4.78, 5) is 11.8. The Kier molecular flexibility index (Phi) is 2.48. The molecule has 1 aliphatic heterocycles. The summed E-state index contributed by atoms with van der Waals surface area (Å²) in [6.45, 7) is 2.86. The van der Waals surface area contributed by atoms with Crippen LogP contribution < -0.4 is 0 Å². The molecule has 0 amide bonds. The van der Waals surface area contributed by atoms with Crippen LogP contribution >= 0.6 is 0 Å². The van der Waals surface area contributed by atoms with Gasteiger partial charge in [-0.2, -0.15) is 0 Å². The first kappa shape index (κ1) is 11.1. The quantitative estimate of drug-likeness (QED) is 0.763. The Morgan fingerprint density at radius 3 is 2.31 bits per heavy atom. The van der Waals surface area contributed by atoms with Crippen LogP contribution in [0.2, 0.25) is 0 Å². The average molecular weight is 222 g/mol. The summed E-state index contributed by atoms with van der Waals surface area (Å²) in [6.07, 6.45) is 0. The Labute approximate surface area is 93.8 Å². The highest BCUT2D eigenvalue weighted by Gasteiger charge is 2.55. The first-order valence-electron chi connectivity index (χ1n) is 5.10. The summed E-state index contributed by atoms with van der Waals surface area (Å²) < 4.78 is 10.7. The third-order valence-electron chi connectivity index (χ3n) is 2.55. The summed E-state index contributed by atoms with van der Waals surface area (Å²) >= 11 is 0. The molecule has 4 nitrogen and oxygen atoms in total. The fraction of sp³-hybridized carbons (Fsp3) is 0.417. The van der Waals surface area contributed by atoms with Crippen LogP contribution in [0, 0.1) is 0 Å². The number of hydrogen-bond donors (Lipinski definition) is 1. The number of cyclic esters (lactones) is 1. The molecule has 1 aliphatic rings. The van der Waals surface area contributed by atoms with Gasteiger partial charge in [0, 0.05) is 13.8 Å². The number of benzene rings is 1. The van der Waals surface area contributed by atoms with Crippen LogP contribution in [0.1, 0.15) is 19.4 Å². The molecule has 0 saturated carbocycles. The lowest BCUT2D eigenvalue weighted by Crippen LogP contribution is -2.38. The highest BCUT2D eigenvalue weighted by Crippen LogP contribution is 2.39. The summed E-state index contributed by atoms with van der Waals surface area (Å²) in [5.74, 6) is -1.55. The number of aliphatic hydroxyl groups is 1. The minimum Gasteiger partial charge on any atom is -0.431 e. The fourth-order valence-corrected chi connectivity index (χ4v) is 1.86. The summed E-state index contributed by atoms with van der Waals surface area (Å²) in [7, 11) is 0. The van der Waals surface area contributed by atoms with Gasteiger partial charge in [0.25, 0.3) is 0 Å². The van der Waals surface area contributed by atoms with Gasteiger partial charge < -0.3 is 14.6 Å². The second kappa shape index (κ2) is 3.57. The van der Waals surface area contributed by atoms with Crippen molar-refractivity contribution < 1.29 is 19.4 Å². The van der Waals surface area contributed by atoms with Gasteiger partial charge in [-0.25, -0.2) is 4.79 Å². The summed E-state index contributed by atoms with van der Waals surface area (Å²) in [6, 6.07) is 8.88. The van der Waals surface area contributed by atoms with E-state index in [1.807, 2.05) is 6.07 Å². The minimum atomic E-state index is -1.38. The molecule has 0 radical (unpaired) electrons. The third-order valence-corrected chi connectivity index (χ3v) is 2.55. The molecule has 0 unspecified atom stereocenters. The molecule has 16 heavy (non-hydrogen) atoms. The molecule has 0 bridgehead atoms. The zero-order valence-corrected chi connectivity index (χ0v) is 9.27. The lowest BCUT2D eigenvalue weighted by atomic mass is 9.95. The van der Waals surface area contributed by atoms with Crippen LogP contribution in [0.3, 0.4) is 0 Å². The van der Waals surface area contributed by atoms with Gasteiger partial charge in [0.1, 0.15) is 0 Å². The molecule has 1 aromatic carbocycles. The zero-order chi connectivity index (χ0) is 11.8. The maximum Gasteiger partial charge on any atom is 0.348 e. The van der Waals surface area contributed by atoms with Crippen molar-refractivity contribution in [2.45, 2.75) is 25.2 Å². The molecule has 2 rings (SSSR count). The second-order valence-corrected chi connectivity index (χ2v) is 4.24. The number of esters is 1. The molecule has 0 aliphatic carbocycles. The van der Waals surface area contributed by atoms with Gasteiger partial charge in [0.05, 0.1) is 6.61 Å². The largest absolute Gasteiger partial charge is 0.431 e. The van der Waals surface area contributed by atoms with Crippen LogP contribution in [0.15, 0.2) is 30.3 Å². The van der Waals surface area contributed by atoms with Crippen molar-refractivity contribution in [2.24, 2.45) is 0 Å². The smallest absolute Gasteiger partial charge is 0.348 e. The van der Waals surface area contributed by atoms with Gasteiger partial charge in [-0.05, 0) is 5.56 Å². The molecule has 0 aromatic heterocycles. The molecule has 1 aromatic rings. The van der Waals surface area contributed by atoms with Crippen LogP contribution in [0.5, 0.6) is 0 Å². The number of hydrogen-bond acceptors (Lipinski definition) is 4. The highest BCUT2D eigenvalue weighted by atomic mass is 16.8. The van der Waals surface area contributed by atoms with E-state index in [1.165, 1.54) is 0 Å². The Morgan fingerprint density at radius 1 is 1.25 bits per heavy atom. The lowest BCUT2D eigenvalue weighted by Gasteiger charge is -2.24. The van der Waals surface area contributed by atoms with Crippen molar-refractivity contribution in [2.75, 3.05) is 6.61 Å². The van der Waals surface area contributed by atoms with Crippen molar-refractivity contribution in [1.29, 1.82) is 0 Å².